The van der Waals surface area contributed by atoms with Crippen molar-refractivity contribution in [3.8, 4) is 0 Å². The summed E-state index contributed by atoms with van der Waals surface area (Å²) in [5, 5.41) is 3.60. The van der Waals surface area contributed by atoms with Crippen LogP contribution in [0.1, 0.15) is 10.4 Å². The van der Waals surface area contributed by atoms with Gasteiger partial charge in [-0.25, -0.2) is 9.37 Å². The summed E-state index contributed by atoms with van der Waals surface area (Å²) < 4.78 is 15.0. The Hall–Kier alpha value is -1.50. The largest absolute Gasteiger partial charge is 0.298 e. The van der Waals surface area contributed by atoms with Crippen LogP contribution in [-0.4, -0.2) is 10.9 Å². The first-order valence-electron chi connectivity index (χ1n) is 5.86. The molecule has 1 heterocycles. The number of anilines is 1. The van der Waals surface area contributed by atoms with Crippen LogP contribution in [0.25, 0.3) is 10.2 Å². The molecule has 0 bridgehead atoms. The summed E-state index contributed by atoms with van der Waals surface area (Å²) in [6, 6.07) is 9.62. The van der Waals surface area contributed by atoms with E-state index in [1.54, 1.807) is 24.3 Å². The van der Waals surface area contributed by atoms with Crippen LogP contribution in [-0.2, 0) is 0 Å². The molecule has 0 fully saturated rings. The molecule has 1 amide bonds. The van der Waals surface area contributed by atoms with Gasteiger partial charge in [-0.1, -0.05) is 29.0 Å². The first kappa shape index (κ1) is 14.4. The number of hydrogen-bond acceptors (Lipinski definition) is 3. The number of fused-ring (bicyclic) bond motifs is 1. The minimum atomic E-state index is -0.592. The quantitative estimate of drug-likeness (QED) is 0.666. The van der Waals surface area contributed by atoms with Gasteiger partial charge in [-0.05, 0) is 46.3 Å². The fourth-order valence-electron chi connectivity index (χ4n) is 1.83. The average Bonchev–Trinajstić information content (AvgIpc) is 2.79. The second-order valence-corrected chi connectivity index (χ2v) is 6.50. The molecule has 0 saturated carbocycles. The second kappa shape index (κ2) is 5.71. The number of benzene rings is 2. The summed E-state index contributed by atoms with van der Waals surface area (Å²) in [4.78, 5) is 16.4. The lowest BCUT2D eigenvalue weighted by molar-refractivity contribution is 0.102. The minimum Gasteiger partial charge on any atom is -0.298 e. The Bertz CT molecular complexity index is 832. The van der Waals surface area contributed by atoms with Crippen LogP contribution in [0.4, 0.5) is 9.52 Å². The van der Waals surface area contributed by atoms with Crippen LogP contribution in [0.15, 0.2) is 40.9 Å². The van der Waals surface area contributed by atoms with Crippen LogP contribution in [0.2, 0.25) is 5.02 Å². The highest BCUT2D eigenvalue weighted by Crippen LogP contribution is 2.29. The summed E-state index contributed by atoms with van der Waals surface area (Å²) in [5.41, 5.74) is 0.682. The van der Waals surface area contributed by atoms with Crippen LogP contribution in [0, 0.1) is 5.82 Å². The highest BCUT2D eigenvalue weighted by Gasteiger charge is 2.17. The molecule has 2 aromatic carbocycles. The zero-order chi connectivity index (χ0) is 15.0. The molecular weight excluding hydrogens is 379 g/mol. The van der Waals surface area contributed by atoms with E-state index < -0.39 is 11.7 Å². The Morgan fingerprint density at radius 3 is 2.90 bits per heavy atom. The molecule has 21 heavy (non-hydrogen) atoms. The molecule has 7 heteroatoms. The van der Waals surface area contributed by atoms with E-state index in [0.717, 1.165) is 10.2 Å². The van der Waals surface area contributed by atoms with Crippen LogP contribution >= 0.6 is 38.9 Å². The van der Waals surface area contributed by atoms with Gasteiger partial charge in [0.1, 0.15) is 5.82 Å². The van der Waals surface area contributed by atoms with E-state index in [4.69, 9.17) is 11.6 Å². The van der Waals surface area contributed by atoms with E-state index in [1.165, 1.54) is 23.5 Å². The van der Waals surface area contributed by atoms with Gasteiger partial charge in [-0.3, -0.25) is 10.1 Å². The fourth-order valence-corrected chi connectivity index (χ4v) is 3.49. The Morgan fingerprint density at radius 1 is 1.33 bits per heavy atom. The third-order valence-corrected chi connectivity index (χ3v) is 4.59. The highest BCUT2D eigenvalue weighted by atomic mass is 79.9. The first-order chi connectivity index (χ1) is 10.0. The second-order valence-electron chi connectivity index (χ2n) is 4.18. The van der Waals surface area contributed by atoms with Crippen LogP contribution in [0.3, 0.4) is 0 Å². The molecule has 0 aliphatic rings. The molecule has 0 aliphatic carbocycles. The minimum absolute atomic E-state index is 0.0465. The fraction of sp³-hybridized carbons (Fsp3) is 0. The Kier molecular flexibility index (Phi) is 3.93. The maximum atomic E-state index is 13.7. The van der Waals surface area contributed by atoms with Crippen molar-refractivity contribution >= 4 is 60.1 Å². The van der Waals surface area contributed by atoms with Gasteiger partial charge in [-0.15, -0.1) is 0 Å². The van der Waals surface area contributed by atoms with Gasteiger partial charge >= 0.3 is 0 Å². The number of thiazole rings is 1. The molecule has 0 aliphatic heterocycles. The molecule has 3 nitrogen and oxygen atoms in total. The molecule has 0 saturated heterocycles. The van der Waals surface area contributed by atoms with Gasteiger partial charge in [0, 0.05) is 9.50 Å². The third kappa shape index (κ3) is 2.92. The van der Waals surface area contributed by atoms with E-state index in [-0.39, 0.29) is 5.56 Å². The van der Waals surface area contributed by atoms with Gasteiger partial charge in [0.2, 0.25) is 0 Å². The lowest BCUT2D eigenvalue weighted by Gasteiger charge is -2.05. The molecule has 0 radical (unpaired) electrons. The summed E-state index contributed by atoms with van der Waals surface area (Å²) in [7, 11) is 0. The summed E-state index contributed by atoms with van der Waals surface area (Å²) in [6.07, 6.45) is 0. The van der Waals surface area contributed by atoms with E-state index in [1.807, 2.05) is 0 Å². The maximum Gasteiger partial charge on any atom is 0.261 e. The topological polar surface area (TPSA) is 42.0 Å². The lowest BCUT2D eigenvalue weighted by Crippen LogP contribution is -2.14. The standard InChI is InChI=1S/C14H7BrClFN2OS/c15-8-2-1-3-9(17)12(8)13(20)19-14-18-10-5-4-7(16)6-11(10)21-14/h1-6H,(H,18,19,20). The van der Waals surface area contributed by atoms with Gasteiger partial charge in [0.05, 0.1) is 15.8 Å². The number of carbonyl (C=O) groups excluding carboxylic acids is 1. The number of carbonyl (C=O) groups is 1. The van der Waals surface area contributed by atoms with E-state index >= 15 is 0 Å². The molecule has 0 spiro atoms. The van der Waals surface area contributed by atoms with Gasteiger partial charge in [0.15, 0.2) is 5.13 Å². The Balaban J connectivity index is 1.93. The van der Waals surface area contributed by atoms with Crippen molar-refractivity contribution in [2.24, 2.45) is 0 Å². The normalized spacial score (nSPS) is 10.8. The van der Waals surface area contributed by atoms with Gasteiger partial charge < -0.3 is 0 Å². The van der Waals surface area contributed by atoms with Gasteiger partial charge in [0.25, 0.3) is 5.91 Å². The molecule has 1 N–H and O–H groups in total. The van der Waals surface area contributed by atoms with Crippen LogP contribution < -0.4 is 5.32 Å². The molecular formula is C14H7BrClFN2OS. The van der Waals surface area contributed by atoms with Crippen molar-refractivity contribution in [3.05, 3.63) is 57.3 Å². The number of aromatic nitrogens is 1. The number of rotatable bonds is 2. The molecule has 1 aromatic heterocycles. The molecule has 3 rings (SSSR count). The van der Waals surface area contributed by atoms with E-state index in [0.29, 0.717) is 14.6 Å². The van der Waals surface area contributed by atoms with E-state index in [9.17, 15) is 9.18 Å². The number of hydrogen-bond donors (Lipinski definition) is 1. The molecule has 0 atom stereocenters. The zero-order valence-electron chi connectivity index (χ0n) is 10.4. The average molecular weight is 386 g/mol. The highest BCUT2D eigenvalue weighted by molar-refractivity contribution is 9.10. The lowest BCUT2D eigenvalue weighted by atomic mass is 10.2. The van der Waals surface area contributed by atoms with Crippen molar-refractivity contribution in [3.63, 3.8) is 0 Å². The number of amides is 1. The summed E-state index contributed by atoms with van der Waals surface area (Å²) in [6.45, 7) is 0. The van der Waals surface area contributed by atoms with Crippen molar-refractivity contribution in [2.45, 2.75) is 0 Å². The van der Waals surface area contributed by atoms with Crippen molar-refractivity contribution in [2.75, 3.05) is 5.32 Å². The molecule has 106 valence electrons. The van der Waals surface area contributed by atoms with E-state index in [2.05, 4.69) is 26.2 Å². The monoisotopic (exact) mass is 384 g/mol. The zero-order valence-corrected chi connectivity index (χ0v) is 13.5. The Morgan fingerprint density at radius 2 is 2.14 bits per heavy atom. The Labute approximate surface area is 136 Å². The van der Waals surface area contributed by atoms with Crippen molar-refractivity contribution < 1.29 is 9.18 Å². The third-order valence-electron chi connectivity index (χ3n) is 2.76. The van der Waals surface area contributed by atoms with Crippen LogP contribution in [0.5, 0.6) is 0 Å². The van der Waals surface area contributed by atoms with Crippen molar-refractivity contribution in [1.29, 1.82) is 0 Å². The smallest absolute Gasteiger partial charge is 0.261 e. The predicted molar refractivity (Wildman–Crippen MR) is 86.7 cm³/mol. The number of halogens is 3. The maximum absolute atomic E-state index is 13.7. The van der Waals surface area contributed by atoms with Crippen molar-refractivity contribution in [1.82, 2.24) is 4.98 Å². The van der Waals surface area contributed by atoms with Gasteiger partial charge in [-0.2, -0.15) is 0 Å². The predicted octanol–water partition coefficient (Wildman–Crippen LogP) is 5.10. The SMILES string of the molecule is O=C(Nc1nc2ccc(Cl)cc2s1)c1c(F)cccc1Br. The number of nitrogens with one attached hydrogen (secondary N) is 1. The summed E-state index contributed by atoms with van der Waals surface area (Å²) >= 11 is 10.4. The number of nitrogens with zero attached hydrogens (tertiary/aromatic N) is 1. The first-order valence-corrected chi connectivity index (χ1v) is 7.85. The molecule has 3 aromatic rings. The summed E-state index contributed by atoms with van der Waals surface area (Å²) in [5.74, 6) is -1.14. The molecule has 0 unspecified atom stereocenters.